The topological polar surface area (TPSA) is 76.7 Å². The molecule has 0 saturated carbocycles. The summed E-state index contributed by atoms with van der Waals surface area (Å²) in [5.41, 5.74) is 1.35. The maximum absolute atomic E-state index is 13.2. The van der Waals surface area contributed by atoms with Crippen molar-refractivity contribution in [2.45, 2.75) is 20.0 Å². The van der Waals surface area contributed by atoms with Gasteiger partial charge < -0.3 is 20.1 Å². The summed E-state index contributed by atoms with van der Waals surface area (Å²) in [6, 6.07) is 19.2. The van der Waals surface area contributed by atoms with Crippen LogP contribution in [0.2, 0.25) is 0 Å². The second kappa shape index (κ2) is 10.2. The van der Waals surface area contributed by atoms with Gasteiger partial charge in [0.05, 0.1) is 12.3 Å². The first-order valence-electron chi connectivity index (χ1n) is 9.82. The molecular weight excluding hydrogens is 399 g/mol. The molecule has 1 atom stereocenters. The first-order chi connectivity index (χ1) is 15.0. The van der Waals surface area contributed by atoms with Crippen LogP contribution in [-0.2, 0) is 4.79 Å². The van der Waals surface area contributed by atoms with Crippen molar-refractivity contribution in [2.75, 3.05) is 17.2 Å². The van der Waals surface area contributed by atoms with Gasteiger partial charge in [0.25, 0.3) is 11.8 Å². The van der Waals surface area contributed by atoms with E-state index in [0.29, 0.717) is 35.0 Å². The maximum atomic E-state index is 13.2. The molecule has 0 aliphatic heterocycles. The highest BCUT2D eigenvalue weighted by Crippen LogP contribution is 2.24. The summed E-state index contributed by atoms with van der Waals surface area (Å²) in [7, 11) is 0. The number of amides is 2. The molecule has 6 nitrogen and oxygen atoms in total. The average Bonchev–Trinajstić information content (AvgIpc) is 2.75. The summed E-state index contributed by atoms with van der Waals surface area (Å²) < 4.78 is 24.4. The lowest BCUT2D eigenvalue weighted by Gasteiger charge is -2.15. The van der Waals surface area contributed by atoms with Crippen molar-refractivity contribution < 1.29 is 23.5 Å². The number of hydrogen-bond acceptors (Lipinski definition) is 4. The molecule has 0 spiro atoms. The van der Waals surface area contributed by atoms with Crippen molar-refractivity contribution >= 4 is 23.2 Å². The van der Waals surface area contributed by atoms with Crippen LogP contribution in [0.1, 0.15) is 24.2 Å². The fourth-order valence-electron chi connectivity index (χ4n) is 2.80. The SMILES string of the molecule is CCOc1ccccc1NC(=O)c1ccc(OC(C)C(=O)Nc2cccc(F)c2)cc1. The number of carbonyl (C=O) groups excluding carboxylic acids is 2. The van der Waals surface area contributed by atoms with E-state index in [1.165, 1.54) is 18.2 Å². The van der Waals surface area contributed by atoms with Gasteiger partial charge in [-0.1, -0.05) is 18.2 Å². The van der Waals surface area contributed by atoms with E-state index in [1.807, 2.05) is 19.1 Å². The van der Waals surface area contributed by atoms with Crippen molar-refractivity contribution in [2.24, 2.45) is 0 Å². The van der Waals surface area contributed by atoms with Crippen molar-refractivity contribution in [3.63, 3.8) is 0 Å². The molecule has 0 bridgehead atoms. The molecule has 3 aromatic carbocycles. The van der Waals surface area contributed by atoms with Gasteiger partial charge in [0.2, 0.25) is 0 Å². The van der Waals surface area contributed by atoms with Crippen molar-refractivity contribution in [3.8, 4) is 11.5 Å². The van der Waals surface area contributed by atoms with Gasteiger partial charge in [-0.05, 0) is 68.4 Å². The van der Waals surface area contributed by atoms with E-state index in [2.05, 4.69) is 10.6 Å². The molecular formula is C24H23FN2O4. The number of hydrogen-bond donors (Lipinski definition) is 2. The Morgan fingerprint density at radius 2 is 1.71 bits per heavy atom. The Balaban J connectivity index is 1.59. The quantitative estimate of drug-likeness (QED) is 0.542. The van der Waals surface area contributed by atoms with Crippen LogP contribution in [-0.4, -0.2) is 24.5 Å². The lowest BCUT2D eigenvalue weighted by molar-refractivity contribution is -0.122. The van der Waals surface area contributed by atoms with Crippen LogP contribution in [0.25, 0.3) is 0 Å². The number of benzene rings is 3. The highest BCUT2D eigenvalue weighted by Gasteiger charge is 2.16. The molecule has 0 aliphatic carbocycles. The van der Waals surface area contributed by atoms with Gasteiger partial charge in [-0.25, -0.2) is 4.39 Å². The molecule has 3 aromatic rings. The molecule has 3 rings (SSSR count). The monoisotopic (exact) mass is 422 g/mol. The Morgan fingerprint density at radius 3 is 2.42 bits per heavy atom. The van der Waals surface area contributed by atoms with E-state index in [-0.39, 0.29) is 5.91 Å². The minimum Gasteiger partial charge on any atom is -0.492 e. The summed E-state index contributed by atoms with van der Waals surface area (Å²) >= 11 is 0. The summed E-state index contributed by atoms with van der Waals surface area (Å²) in [5, 5.41) is 5.42. The zero-order valence-corrected chi connectivity index (χ0v) is 17.2. The van der Waals surface area contributed by atoms with Crippen LogP contribution in [0, 0.1) is 5.82 Å². The third-order valence-corrected chi connectivity index (χ3v) is 4.33. The van der Waals surface area contributed by atoms with Crippen LogP contribution in [0.3, 0.4) is 0 Å². The Labute approximate surface area is 180 Å². The predicted molar refractivity (Wildman–Crippen MR) is 117 cm³/mol. The minimum atomic E-state index is -0.819. The molecule has 2 amide bonds. The van der Waals surface area contributed by atoms with Gasteiger partial charge in [0, 0.05) is 11.3 Å². The Hall–Kier alpha value is -3.87. The van der Waals surface area contributed by atoms with E-state index < -0.39 is 17.8 Å². The van der Waals surface area contributed by atoms with E-state index in [0.717, 1.165) is 0 Å². The van der Waals surface area contributed by atoms with Gasteiger partial charge >= 0.3 is 0 Å². The first-order valence-corrected chi connectivity index (χ1v) is 9.82. The summed E-state index contributed by atoms with van der Waals surface area (Å²) in [5.74, 6) is -0.135. The van der Waals surface area contributed by atoms with E-state index in [1.54, 1.807) is 49.4 Å². The fraction of sp³-hybridized carbons (Fsp3) is 0.167. The average molecular weight is 422 g/mol. The molecule has 0 radical (unpaired) electrons. The zero-order valence-electron chi connectivity index (χ0n) is 17.2. The molecule has 0 saturated heterocycles. The Morgan fingerprint density at radius 1 is 0.968 bits per heavy atom. The lowest BCUT2D eigenvalue weighted by Crippen LogP contribution is -2.30. The third-order valence-electron chi connectivity index (χ3n) is 4.33. The van der Waals surface area contributed by atoms with Crippen molar-refractivity contribution in [1.29, 1.82) is 0 Å². The molecule has 2 N–H and O–H groups in total. The standard InChI is InChI=1S/C24H23FN2O4/c1-3-30-22-10-5-4-9-21(22)27-24(29)17-11-13-20(14-12-17)31-16(2)23(28)26-19-8-6-7-18(25)15-19/h4-16H,3H2,1-2H3,(H,26,28)(H,27,29). The lowest BCUT2D eigenvalue weighted by atomic mass is 10.2. The number of anilines is 2. The number of ether oxygens (including phenoxy) is 2. The number of rotatable bonds is 8. The predicted octanol–water partition coefficient (Wildman–Crippen LogP) is 4.88. The summed E-state index contributed by atoms with van der Waals surface area (Å²) in [4.78, 5) is 24.8. The fourth-order valence-corrected chi connectivity index (χ4v) is 2.80. The van der Waals surface area contributed by atoms with Crippen molar-refractivity contribution in [3.05, 3.63) is 84.2 Å². The molecule has 0 heterocycles. The summed E-state index contributed by atoms with van der Waals surface area (Å²) in [6.07, 6.45) is -0.819. The van der Waals surface area contributed by atoms with Gasteiger partial charge in [-0.3, -0.25) is 9.59 Å². The molecule has 0 aromatic heterocycles. The number of nitrogens with one attached hydrogen (secondary N) is 2. The van der Waals surface area contributed by atoms with Crippen LogP contribution in [0.4, 0.5) is 15.8 Å². The van der Waals surface area contributed by atoms with E-state index in [4.69, 9.17) is 9.47 Å². The van der Waals surface area contributed by atoms with Crippen LogP contribution < -0.4 is 20.1 Å². The first kappa shape index (κ1) is 21.8. The maximum Gasteiger partial charge on any atom is 0.265 e. The highest BCUT2D eigenvalue weighted by atomic mass is 19.1. The number of carbonyl (C=O) groups is 2. The zero-order chi connectivity index (χ0) is 22.2. The van der Waals surface area contributed by atoms with Crippen LogP contribution in [0.5, 0.6) is 11.5 Å². The molecule has 1 unspecified atom stereocenters. The molecule has 7 heteroatoms. The van der Waals surface area contributed by atoms with Crippen molar-refractivity contribution in [1.82, 2.24) is 0 Å². The molecule has 0 fully saturated rings. The molecule has 160 valence electrons. The highest BCUT2D eigenvalue weighted by molar-refractivity contribution is 6.05. The smallest absolute Gasteiger partial charge is 0.265 e. The molecule has 31 heavy (non-hydrogen) atoms. The van der Waals surface area contributed by atoms with Crippen LogP contribution in [0.15, 0.2) is 72.8 Å². The Kier molecular flexibility index (Phi) is 7.22. The summed E-state index contributed by atoms with van der Waals surface area (Å²) in [6.45, 7) is 3.94. The van der Waals surface area contributed by atoms with Gasteiger partial charge in [-0.15, -0.1) is 0 Å². The van der Waals surface area contributed by atoms with Gasteiger partial charge in [0.15, 0.2) is 6.10 Å². The number of halogens is 1. The Bertz CT molecular complexity index is 1050. The normalized spacial score (nSPS) is 11.3. The number of para-hydroxylation sites is 2. The second-order valence-electron chi connectivity index (χ2n) is 6.67. The largest absolute Gasteiger partial charge is 0.492 e. The second-order valence-corrected chi connectivity index (χ2v) is 6.67. The van der Waals surface area contributed by atoms with Gasteiger partial charge in [-0.2, -0.15) is 0 Å². The molecule has 0 aliphatic rings. The third kappa shape index (κ3) is 6.05. The van der Waals surface area contributed by atoms with Gasteiger partial charge in [0.1, 0.15) is 17.3 Å². The van der Waals surface area contributed by atoms with E-state index in [9.17, 15) is 14.0 Å². The van der Waals surface area contributed by atoms with Crippen LogP contribution >= 0.6 is 0 Å². The van der Waals surface area contributed by atoms with E-state index >= 15 is 0 Å². The minimum absolute atomic E-state index is 0.296.